The van der Waals surface area contributed by atoms with Crippen molar-refractivity contribution in [2.75, 3.05) is 7.11 Å². The van der Waals surface area contributed by atoms with Gasteiger partial charge in [0.05, 0.1) is 12.7 Å². The Balaban J connectivity index is 2.38. The van der Waals surface area contributed by atoms with Gasteiger partial charge in [-0.2, -0.15) is 0 Å². The summed E-state index contributed by atoms with van der Waals surface area (Å²) in [5.41, 5.74) is 1.02. The lowest BCUT2D eigenvalue weighted by atomic mass is 9.82. The SMILES string of the molecule is COc1c(O)c(C)cc2c1C(=O)c1cc(O)ccc1C2=O. The van der Waals surface area contributed by atoms with Gasteiger partial charge in [0.25, 0.3) is 0 Å². The molecule has 0 heterocycles. The van der Waals surface area contributed by atoms with Crippen LogP contribution in [0.5, 0.6) is 17.2 Å². The minimum absolute atomic E-state index is 0.0163. The molecule has 0 atom stereocenters. The van der Waals surface area contributed by atoms with Crippen LogP contribution in [0, 0.1) is 6.92 Å². The third kappa shape index (κ3) is 1.71. The summed E-state index contributed by atoms with van der Waals surface area (Å²) in [7, 11) is 1.32. The number of hydrogen-bond donors (Lipinski definition) is 2. The number of phenolic OH excluding ortho intramolecular Hbond substituents is 2. The van der Waals surface area contributed by atoms with Gasteiger partial charge in [-0.25, -0.2) is 0 Å². The number of rotatable bonds is 1. The van der Waals surface area contributed by atoms with Crippen molar-refractivity contribution < 1.29 is 24.5 Å². The molecule has 0 saturated heterocycles. The number of fused-ring (bicyclic) bond motifs is 2. The van der Waals surface area contributed by atoms with E-state index in [2.05, 4.69) is 0 Å². The van der Waals surface area contributed by atoms with E-state index in [1.807, 2.05) is 0 Å². The maximum Gasteiger partial charge on any atom is 0.198 e. The van der Waals surface area contributed by atoms with E-state index in [-0.39, 0.29) is 45.3 Å². The molecule has 0 spiro atoms. The Morgan fingerprint density at radius 2 is 1.67 bits per heavy atom. The second-order valence-corrected chi connectivity index (χ2v) is 4.89. The number of aromatic hydroxyl groups is 2. The summed E-state index contributed by atoms with van der Waals surface area (Å²) < 4.78 is 5.10. The summed E-state index contributed by atoms with van der Waals surface area (Å²) in [4.78, 5) is 25.1. The van der Waals surface area contributed by atoms with Crippen LogP contribution in [0.2, 0.25) is 0 Å². The lowest BCUT2D eigenvalue weighted by Crippen LogP contribution is -2.22. The van der Waals surface area contributed by atoms with Gasteiger partial charge in [0, 0.05) is 16.7 Å². The molecule has 5 heteroatoms. The molecule has 3 rings (SSSR count). The van der Waals surface area contributed by atoms with Gasteiger partial charge in [0.15, 0.2) is 23.1 Å². The Morgan fingerprint density at radius 1 is 0.952 bits per heavy atom. The number of aryl methyl sites for hydroxylation is 1. The van der Waals surface area contributed by atoms with Crippen LogP contribution in [0.4, 0.5) is 0 Å². The topological polar surface area (TPSA) is 83.8 Å². The molecule has 1 aliphatic rings. The zero-order valence-corrected chi connectivity index (χ0v) is 11.4. The summed E-state index contributed by atoms with van der Waals surface area (Å²) in [5, 5.41) is 19.5. The van der Waals surface area contributed by atoms with Crippen molar-refractivity contribution in [2.24, 2.45) is 0 Å². The number of methoxy groups -OCH3 is 1. The molecular formula is C16H12O5. The third-order valence-electron chi connectivity index (χ3n) is 3.61. The monoisotopic (exact) mass is 284 g/mol. The predicted octanol–water partition coefficient (Wildman–Crippen LogP) is 2.19. The van der Waals surface area contributed by atoms with Gasteiger partial charge < -0.3 is 14.9 Å². The van der Waals surface area contributed by atoms with E-state index >= 15 is 0 Å². The molecular weight excluding hydrogens is 272 g/mol. The Labute approximate surface area is 120 Å². The van der Waals surface area contributed by atoms with Gasteiger partial charge in [-0.15, -0.1) is 0 Å². The number of benzene rings is 2. The fraction of sp³-hybridized carbons (Fsp3) is 0.125. The average molecular weight is 284 g/mol. The average Bonchev–Trinajstić information content (AvgIpc) is 2.46. The van der Waals surface area contributed by atoms with Crippen molar-refractivity contribution in [1.82, 2.24) is 0 Å². The largest absolute Gasteiger partial charge is 0.508 e. The quantitative estimate of drug-likeness (QED) is 0.715. The summed E-state index contributed by atoms with van der Waals surface area (Å²) in [6, 6.07) is 5.50. The van der Waals surface area contributed by atoms with E-state index in [1.54, 1.807) is 6.92 Å². The lowest BCUT2D eigenvalue weighted by Gasteiger charge is -2.21. The summed E-state index contributed by atoms with van der Waals surface area (Å²) in [6.07, 6.45) is 0. The highest BCUT2D eigenvalue weighted by molar-refractivity contribution is 6.29. The number of ether oxygens (including phenoxy) is 1. The fourth-order valence-electron chi connectivity index (χ4n) is 2.58. The minimum atomic E-state index is -0.456. The van der Waals surface area contributed by atoms with Gasteiger partial charge >= 0.3 is 0 Å². The summed E-state index contributed by atoms with van der Waals surface area (Å²) >= 11 is 0. The summed E-state index contributed by atoms with van der Waals surface area (Å²) in [5.74, 6) is -1.07. The highest BCUT2D eigenvalue weighted by atomic mass is 16.5. The van der Waals surface area contributed by atoms with Crippen molar-refractivity contribution in [3.05, 3.63) is 52.1 Å². The number of carbonyl (C=O) groups is 2. The van der Waals surface area contributed by atoms with Crippen LogP contribution < -0.4 is 4.74 Å². The van der Waals surface area contributed by atoms with Crippen LogP contribution in [-0.4, -0.2) is 28.9 Å². The predicted molar refractivity (Wildman–Crippen MR) is 74.4 cm³/mol. The number of hydrogen-bond acceptors (Lipinski definition) is 5. The second-order valence-electron chi connectivity index (χ2n) is 4.89. The maximum absolute atomic E-state index is 12.6. The Hall–Kier alpha value is -2.82. The first kappa shape index (κ1) is 13.2. The fourth-order valence-corrected chi connectivity index (χ4v) is 2.58. The standard InChI is InChI=1S/C16H12O5/c1-7-5-11-12(16(21-2)13(7)18)15(20)10-6-8(17)3-4-9(10)14(11)19/h3-6,17-18H,1-2H3. The van der Waals surface area contributed by atoms with Crippen LogP contribution >= 0.6 is 0 Å². The minimum Gasteiger partial charge on any atom is -0.508 e. The molecule has 5 nitrogen and oxygen atoms in total. The highest BCUT2D eigenvalue weighted by Crippen LogP contribution is 2.41. The van der Waals surface area contributed by atoms with E-state index in [9.17, 15) is 19.8 Å². The van der Waals surface area contributed by atoms with Crippen LogP contribution in [-0.2, 0) is 0 Å². The number of carbonyl (C=O) groups excluding carboxylic acids is 2. The number of ketones is 2. The first-order chi connectivity index (χ1) is 9.95. The van der Waals surface area contributed by atoms with Gasteiger partial charge in [-0.05, 0) is 36.8 Å². The molecule has 1 aliphatic carbocycles. The van der Waals surface area contributed by atoms with Gasteiger partial charge in [-0.3, -0.25) is 9.59 Å². The number of phenols is 2. The van der Waals surface area contributed by atoms with Crippen molar-refractivity contribution >= 4 is 11.6 Å². The van der Waals surface area contributed by atoms with Crippen LogP contribution in [0.1, 0.15) is 37.4 Å². The van der Waals surface area contributed by atoms with Crippen molar-refractivity contribution in [2.45, 2.75) is 6.92 Å². The molecule has 0 aromatic heterocycles. The van der Waals surface area contributed by atoms with E-state index in [1.165, 1.54) is 31.4 Å². The normalized spacial score (nSPS) is 12.9. The first-order valence-electron chi connectivity index (χ1n) is 6.28. The molecule has 2 N–H and O–H groups in total. The lowest BCUT2D eigenvalue weighted by molar-refractivity contribution is 0.0975. The Morgan fingerprint density at radius 3 is 2.33 bits per heavy atom. The van der Waals surface area contributed by atoms with E-state index in [0.29, 0.717) is 5.56 Å². The van der Waals surface area contributed by atoms with Gasteiger partial charge in [0.2, 0.25) is 0 Å². The molecule has 21 heavy (non-hydrogen) atoms. The van der Waals surface area contributed by atoms with Crippen molar-refractivity contribution in [3.8, 4) is 17.2 Å². The summed E-state index contributed by atoms with van der Waals surface area (Å²) in [6.45, 7) is 1.63. The van der Waals surface area contributed by atoms with E-state index < -0.39 is 5.78 Å². The molecule has 2 aromatic rings. The molecule has 106 valence electrons. The van der Waals surface area contributed by atoms with Crippen LogP contribution in [0.15, 0.2) is 24.3 Å². The Bertz CT molecular complexity index is 805. The molecule has 0 unspecified atom stereocenters. The van der Waals surface area contributed by atoms with Gasteiger partial charge in [-0.1, -0.05) is 0 Å². The zero-order valence-electron chi connectivity index (χ0n) is 11.4. The molecule has 0 fully saturated rings. The molecule has 0 radical (unpaired) electrons. The van der Waals surface area contributed by atoms with Crippen molar-refractivity contribution in [3.63, 3.8) is 0 Å². The molecule has 0 aliphatic heterocycles. The molecule has 0 amide bonds. The Kier molecular flexibility index (Phi) is 2.73. The second kappa shape index (κ2) is 4.34. The van der Waals surface area contributed by atoms with Crippen LogP contribution in [0.25, 0.3) is 0 Å². The molecule has 0 bridgehead atoms. The molecule has 2 aromatic carbocycles. The first-order valence-corrected chi connectivity index (χ1v) is 6.28. The van der Waals surface area contributed by atoms with E-state index in [0.717, 1.165) is 0 Å². The smallest absolute Gasteiger partial charge is 0.198 e. The van der Waals surface area contributed by atoms with Crippen LogP contribution in [0.3, 0.4) is 0 Å². The zero-order chi connectivity index (χ0) is 15.3. The highest BCUT2D eigenvalue weighted by Gasteiger charge is 2.34. The molecule has 0 saturated carbocycles. The maximum atomic E-state index is 12.6. The van der Waals surface area contributed by atoms with Gasteiger partial charge in [0.1, 0.15) is 5.75 Å². The van der Waals surface area contributed by atoms with E-state index in [4.69, 9.17) is 4.74 Å². The third-order valence-corrected chi connectivity index (χ3v) is 3.61. The van der Waals surface area contributed by atoms with Crippen molar-refractivity contribution in [1.29, 1.82) is 0 Å².